The molecule has 0 aliphatic rings. The number of anilines is 1. The molecule has 0 radical (unpaired) electrons. The molecule has 0 saturated carbocycles. The highest BCUT2D eigenvalue weighted by Crippen LogP contribution is 2.18. The van der Waals surface area contributed by atoms with Crippen LogP contribution in [0, 0.1) is 0 Å². The van der Waals surface area contributed by atoms with Gasteiger partial charge in [0.15, 0.2) is 0 Å². The van der Waals surface area contributed by atoms with Gasteiger partial charge in [-0.3, -0.25) is 5.43 Å². The predicted octanol–water partition coefficient (Wildman–Crippen LogP) is 3.77. The molecule has 0 bridgehead atoms. The van der Waals surface area contributed by atoms with Crippen LogP contribution in [-0.4, -0.2) is 16.8 Å². The number of aromatic nitrogens is 1. The molecule has 0 spiro atoms. The number of ether oxygens (including phenoxy) is 1. The molecule has 19 heavy (non-hydrogen) atoms. The van der Waals surface area contributed by atoms with Crippen molar-refractivity contribution >= 4 is 22.7 Å². The Morgan fingerprint density at radius 1 is 1.26 bits per heavy atom. The van der Waals surface area contributed by atoms with Crippen LogP contribution in [0.4, 0.5) is 5.13 Å². The highest BCUT2D eigenvalue weighted by molar-refractivity contribution is 7.13. The molecule has 1 aromatic heterocycles. The maximum atomic E-state index is 5.75. The molecule has 5 heteroatoms. The van der Waals surface area contributed by atoms with Crippen molar-refractivity contribution in [1.29, 1.82) is 0 Å². The molecule has 0 amide bonds. The van der Waals surface area contributed by atoms with Gasteiger partial charge in [-0.1, -0.05) is 0 Å². The van der Waals surface area contributed by atoms with Crippen molar-refractivity contribution in [1.82, 2.24) is 4.98 Å². The van der Waals surface area contributed by atoms with Crippen LogP contribution >= 0.6 is 11.3 Å². The Labute approximate surface area is 117 Å². The van der Waals surface area contributed by atoms with Gasteiger partial charge in [-0.15, -0.1) is 11.3 Å². The van der Waals surface area contributed by atoms with Crippen molar-refractivity contribution in [2.75, 3.05) is 5.43 Å². The zero-order chi connectivity index (χ0) is 13.7. The minimum absolute atomic E-state index is 0.179. The van der Waals surface area contributed by atoms with Crippen LogP contribution in [0.25, 0.3) is 0 Å². The topological polar surface area (TPSA) is 46.5 Å². The normalized spacial score (nSPS) is 11.7. The number of nitrogens with one attached hydrogen (secondary N) is 1. The lowest BCUT2D eigenvalue weighted by atomic mass is 10.2. The summed E-state index contributed by atoms with van der Waals surface area (Å²) in [6, 6.07) is 7.81. The van der Waals surface area contributed by atoms with Gasteiger partial charge in [-0.25, -0.2) is 4.98 Å². The Bertz CT molecular complexity index is 527. The summed E-state index contributed by atoms with van der Waals surface area (Å²) >= 11 is 1.51. The molecule has 4 nitrogen and oxygen atoms in total. The van der Waals surface area contributed by atoms with Gasteiger partial charge in [0, 0.05) is 11.6 Å². The van der Waals surface area contributed by atoms with Crippen molar-refractivity contribution < 1.29 is 4.74 Å². The first-order valence-electron chi connectivity index (χ1n) is 6.01. The number of hydrazone groups is 1. The largest absolute Gasteiger partial charge is 0.488 e. The third-order valence-corrected chi connectivity index (χ3v) is 2.79. The van der Waals surface area contributed by atoms with Gasteiger partial charge in [0.1, 0.15) is 11.4 Å². The molecule has 1 aromatic carbocycles. The second-order valence-electron chi connectivity index (χ2n) is 4.99. The van der Waals surface area contributed by atoms with E-state index in [0.717, 1.165) is 16.4 Å². The second kappa shape index (κ2) is 5.84. The van der Waals surface area contributed by atoms with Crippen molar-refractivity contribution in [3.8, 4) is 5.75 Å². The van der Waals surface area contributed by atoms with Crippen LogP contribution in [0.1, 0.15) is 26.3 Å². The summed E-state index contributed by atoms with van der Waals surface area (Å²) < 4.78 is 5.75. The smallest absolute Gasteiger partial charge is 0.203 e. The SMILES string of the molecule is CC(C)(C)Oc1ccc(/C=N\Nc2nccs2)cc1. The number of nitrogens with zero attached hydrogens (tertiary/aromatic N) is 2. The number of benzene rings is 1. The maximum absolute atomic E-state index is 5.75. The number of thiazole rings is 1. The Balaban J connectivity index is 1.93. The molecule has 0 aliphatic heterocycles. The van der Waals surface area contributed by atoms with E-state index in [1.165, 1.54) is 11.3 Å². The van der Waals surface area contributed by atoms with E-state index in [2.05, 4.69) is 15.5 Å². The third kappa shape index (κ3) is 4.71. The van der Waals surface area contributed by atoms with Crippen LogP contribution < -0.4 is 10.2 Å². The van der Waals surface area contributed by atoms with Crippen LogP contribution in [0.5, 0.6) is 5.75 Å². The number of hydrogen-bond donors (Lipinski definition) is 1. The quantitative estimate of drug-likeness (QED) is 0.682. The molecule has 0 saturated heterocycles. The zero-order valence-corrected chi connectivity index (χ0v) is 12.1. The fourth-order valence-electron chi connectivity index (χ4n) is 1.42. The van der Waals surface area contributed by atoms with E-state index in [9.17, 15) is 0 Å². The molecule has 2 aromatic rings. The van der Waals surface area contributed by atoms with Crippen molar-refractivity contribution in [2.24, 2.45) is 5.10 Å². The Morgan fingerprint density at radius 3 is 2.58 bits per heavy atom. The molecule has 0 aliphatic carbocycles. The highest BCUT2D eigenvalue weighted by atomic mass is 32.1. The molecule has 2 rings (SSSR count). The summed E-state index contributed by atoms with van der Waals surface area (Å²) in [5.41, 5.74) is 3.70. The fraction of sp³-hybridized carbons (Fsp3) is 0.286. The van der Waals surface area contributed by atoms with Gasteiger partial charge in [0.25, 0.3) is 0 Å². The molecular weight excluding hydrogens is 258 g/mol. The zero-order valence-electron chi connectivity index (χ0n) is 11.3. The standard InChI is InChI=1S/C14H17N3OS/c1-14(2,3)18-12-6-4-11(5-7-12)10-16-17-13-15-8-9-19-13/h4-10H,1-3H3,(H,15,17)/b16-10-. The van der Waals surface area contributed by atoms with Crippen LogP contribution in [0.2, 0.25) is 0 Å². The maximum Gasteiger partial charge on any atom is 0.203 e. The summed E-state index contributed by atoms with van der Waals surface area (Å²) in [6.45, 7) is 6.08. The van der Waals surface area contributed by atoms with Crippen molar-refractivity contribution in [2.45, 2.75) is 26.4 Å². The van der Waals surface area contributed by atoms with Crippen molar-refractivity contribution in [3.05, 3.63) is 41.4 Å². The average molecular weight is 275 g/mol. The van der Waals surface area contributed by atoms with Gasteiger partial charge in [-0.2, -0.15) is 5.10 Å². The molecule has 0 unspecified atom stereocenters. The highest BCUT2D eigenvalue weighted by Gasteiger charge is 2.10. The molecule has 0 atom stereocenters. The number of rotatable bonds is 4. The van der Waals surface area contributed by atoms with E-state index in [-0.39, 0.29) is 5.60 Å². The van der Waals surface area contributed by atoms with Crippen LogP contribution in [-0.2, 0) is 0 Å². The van der Waals surface area contributed by atoms with Crippen molar-refractivity contribution in [3.63, 3.8) is 0 Å². The summed E-state index contributed by atoms with van der Waals surface area (Å²) in [5.74, 6) is 0.859. The van der Waals surface area contributed by atoms with E-state index in [0.29, 0.717) is 0 Å². The van der Waals surface area contributed by atoms with E-state index < -0.39 is 0 Å². The first-order valence-corrected chi connectivity index (χ1v) is 6.88. The fourth-order valence-corrected chi connectivity index (χ4v) is 1.89. The monoisotopic (exact) mass is 275 g/mol. The third-order valence-electron chi connectivity index (χ3n) is 2.11. The van der Waals surface area contributed by atoms with E-state index in [1.807, 2.05) is 50.4 Å². The van der Waals surface area contributed by atoms with E-state index in [1.54, 1.807) is 12.4 Å². The minimum atomic E-state index is -0.179. The van der Waals surface area contributed by atoms with E-state index in [4.69, 9.17) is 4.74 Å². The summed E-state index contributed by atoms with van der Waals surface area (Å²) in [4.78, 5) is 4.08. The Kier molecular flexibility index (Phi) is 4.16. The molecular formula is C14H17N3OS. The molecule has 1 N–H and O–H groups in total. The second-order valence-corrected chi connectivity index (χ2v) is 5.89. The lowest BCUT2D eigenvalue weighted by Gasteiger charge is -2.21. The summed E-state index contributed by atoms with van der Waals surface area (Å²) in [5, 5.41) is 6.80. The van der Waals surface area contributed by atoms with Gasteiger partial charge in [0.05, 0.1) is 6.21 Å². The van der Waals surface area contributed by atoms with Gasteiger partial charge in [0.2, 0.25) is 5.13 Å². The first-order chi connectivity index (χ1) is 9.03. The first kappa shape index (κ1) is 13.5. The molecule has 1 heterocycles. The molecule has 0 fully saturated rings. The van der Waals surface area contributed by atoms with E-state index >= 15 is 0 Å². The van der Waals surface area contributed by atoms with Crippen LogP contribution in [0.3, 0.4) is 0 Å². The molecule has 100 valence electrons. The van der Waals surface area contributed by atoms with Gasteiger partial charge < -0.3 is 4.74 Å². The minimum Gasteiger partial charge on any atom is -0.488 e. The average Bonchev–Trinajstić information content (AvgIpc) is 2.82. The Morgan fingerprint density at radius 2 is 2.00 bits per heavy atom. The van der Waals surface area contributed by atoms with Crippen LogP contribution in [0.15, 0.2) is 40.9 Å². The lowest BCUT2D eigenvalue weighted by Crippen LogP contribution is -2.22. The number of hydrogen-bond acceptors (Lipinski definition) is 5. The lowest BCUT2D eigenvalue weighted by molar-refractivity contribution is 0.131. The van der Waals surface area contributed by atoms with Gasteiger partial charge >= 0.3 is 0 Å². The predicted molar refractivity (Wildman–Crippen MR) is 80.2 cm³/mol. The summed E-state index contributed by atoms with van der Waals surface area (Å²) in [6.07, 6.45) is 3.49. The van der Waals surface area contributed by atoms with Gasteiger partial charge in [-0.05, 0) is 50.6 Å². The summed E-state index contributed by atoms with van der Waals surface area (Å²) in [7, 11) is 0. The Hall–Kier alpha value is -1.88.